The summed E-state index contributed by atoms with van der Waals surface area (Å²) >= 11 is 6.52. The molecular weight excluding hydrogens is 398 g/mol. The Labute approximate surface area is 184 Å². The largest absolute Gasteiger partial charge is 0.370 e. The number of hydrogen-bond donors (Lipinski definition) is 1. The molecule has 0 spiro atoms. The molecular formula is C24H32ClN3O2. The molecule has 0 saturated carbocycles. The van der Waals surface area contributed by atoms with Crippen molar-refractivity contribution in [3.8, 4) is 0 Å². The molecule has 2 atom stereocenters. The number of hydrogen-bond acceptors (Lipinski definition) is 4. The molecule has 2 heterocycles. The minimum atomic E-state index is -0.105. The van der Waals surface area contributed by atoms with Crippen LogP contribution in [0.4, 0.5) is 5.69 Å². The van der Waals surface area contributed by atoms with E-state index in [1.807, 2.05) is 67.3 Å². The van der Waals surface area contributed by atoms with Crippen LogP contribution >= 0.6 is 11.6 Å². The van der Waals surface area contributed by atoms with Crippen molar-refractivity contribution < 1.29 is 9.53 Å². The quantitative estimate of drug-likeness (QED) is 0.779. The number of halogens is 1. The van der Waals surface area contributed by atoms with Gasteiger partial charge in [0, 0.05) is 31.4 Å². The summed E-state index contributed by atoms with van der Waals surface area (Å²) in [6.07, 6.45) is 2.03. The first-order chi connectivity index (χ1) is 14.6. The molecule has 5 nitrogen and oxygen atoms in total. The molecule has 2 saturated heterocycles. The smallest absolute Gasteiger partial charge is 0.255 e. The van der Waals surface area contributed by atoms with E-state index < -0.39 is 0 Å². The lowest BCUT2D eigenvalue weighted by molar-refractivity contribution is -0.0228. The Balaban J connectivity index is 0.00000124. The Hall–Kier alpha value is -2.08. The lowest BCUT2D eigenvalue weighted by Gasteiger charge is -2.34. The fourth-order valence-electron chi connectivity index (χ4n) is 3.99. The number of ether oxygens (including phenoxy) is 1. The van der Waals surface area contributed by atoms with Gasteiger partial charge in [-0.15, -0.1) is 0 Å². The Kier molecular flexibility index (Phi) is 8.14. The van der Waals surface area contributed by atoms with Crippen molar-refractivity contribution in [2.45, 2.75) is 38.8 Å². The summed E-state index contributed by atoms with van der Waals surface area (Å²) in [5.74, 6) is -0.0453. The number of morpholine rings is 1. The van der Waals surface area contributed by atoms with E-state index >= 15 is 0 Å². The summed E-state index contributed by atoms with van der Waals surface area (Å²) in [6.45, 7) is 7.42. The number of rotatable bonds is 3. The summed E-state index contributed by atoms with van der Waals surface area (Å²) < 4.78 is 5.87. The zero-order chi connectivity index (χ0) is 21.5. The van der Waals surface area contributed by atoms with E-state index in [-0.39, 0.29) is 18.1 Å². The minimum absolute atomic E-state index is 0.0453. The molecule has 0 aliphatic carbocycles. The van der Waals surface area contributed by atoms with Gasteiger partial charge in [0.05, 0.1) is 23.7 Å². The summed E-state index contributed by atoms with van der Waals surface area (Å²) in [5.41, 5.74) is 8.75. The highest BCUT2D eigenvalue weighted by atomic mass is 35.5. The van der Waals surface area contributed by atoms with Crippen LogP contribution in [0.2, 0.25) is 5.02 Å². The summed E-state index contributed by atoms with van der Waals surface area (Å²) in [5, 5.41) is 0.490. The minimum Gasteiger partial charge on any atom is -0.370 e. The van der Waals surface area contributed by atoms with Crippen molar-refractivity contribution in [3.63, 3.8) is 0 Å². The number of carbonyl (C=O) groups is 1. The van der Waals surface area contributed by atoms with Gasteiger partial charge in [-0.2, -0.15) is 0 Å². The van der Waals surface area contributed by atoms with E-state index in [4.69, 9.17) is 22.1 Å². The number of nitrogens with zero attached hydrogens (tertiary/aromatic N) is 2. The number of nitrogens with two attached hydrogens (primary N) is 1. The zero-order valence-electron chi connectivity index (χ0n) is 17.9. The van der Waals surface area contributed by atoms with E-state index in [0.29, 0.717) is 30.3 Å². The van der Waals surface area contributed by atoms with Crippen LogP contribution in [0.25, 0.3) is 0 Å². The average molecular weight is 430 g/mol. The van der Waals surface area contributed by atoms with Crippen molar-refractivity contribution in [1.82, 2.24) is 4.90 Å². The third-order valence-electron chi connectivity index (χ3n) is 5.53. The highest BCUT2D eigenvalue weighted by molar-refractivity contribution is 6.34. The van der Waals surface area contributed by atoms with E-state index in [0.717, 1.165) is 37.2 Å². The van der Waals surface area contributed by atoms with Crippen molar-refractivity contribution in [3.05, 3.63) is 64.7 Å². The number of piperidine rings is 1. The molecule has 2 aliphatic heterocycles. The van der Waals surface area contributed by atoms with Gasteiger partial charge in [-0.3, -0.25) is 4.79 Å². The summed E-state index contributed by atoms with van der Waals surface area (Å²) in [7, 11) is 0. The van der Waals surface area contributed by atoms with Gasteiger partial charge in [0.15, 0.2) is 0 Å². The zero-order valence-corrected chi connectivity index (χ0v) is 18.6. The molecule has 2 unspecified atom stereocenters. The Bertz CT molecular complexity index is 830. The molecule has 2 fully saturated rings. The first-order valence-corrected chi connectivity index (χ1v) is 11.3. The second-order valence-corrected chi connectivity index (χ2v) is 7.94. The van der Waals surface area contributed by atoms with Gasteiger partial charge < -0.3 is 20.3 Å². The molecule has 2 N–H and O–H groups in total. The van der Waals surface area contributed by atoms with Crippen LogP contribution in [0.15, 0.2) is 48.5 Å². The molecule has 162 valence electrons. The predicted octanol–water partition coefficient (Wildman–Crippen LogP) is 4.51. The first-order valence-electron chi connectivity index (χ1n) is 10.9. The highest BCUT2D eigenvalue weighted by Crippen LogP contribution is 2.29. The van der Waals surface area contributed by atoms with Crippen molar-refractivity contribution in [2.75, 3.05) is 37.7 Å². The van der Waals surface area contributed by atoms with E-state index in [2.05, 4.69) is 4.90 Å². The molecule has 2 aromatic carbocycles. The molecule has 6 heteroatoms. The average Bonchev–Trinajstić information content (AvgIpc) is 2.80. The lowest BCUT2D eigenvalue weighted by Crippen LogP contribution is -2.43. The first kappa shape index (κ1) is 22.6. The molecule has 4 rings (SSSR count). The van der Waals surface area contributed by atoms with Crippen molar-refractivity contribution in [1.29, 1.82) is 0 Å². The molecule has 30 heavy (non-hydrogen) atoms. The number of benzene rings is 2. The summed E-state index contributed by atoms with van der Waals surface area (Å²) in [4.78, 5) is 17.2. The fourth-order valence-corrected chi connectivity index (χ4v) is 4.25. The van der Waals surface area contributed by atoms with Gasteiger partial charge in [-0.25, -0.2) is 0 Å². The molecule has 1 amide bonds. The molecule has 2 aromatic rings. The maximum absolute atomic E-state index is 13.1. The third-order valence-corrected chi connectivity index (χ3v) is 5.84. The van der Waals surface area contributed by atoms with Crippen molar-refractivity contribution in [2.24, 2.45) is 5.73 Å². The SMILES string of the molecule is CC.NC1CCCN(c2ccc(C(=O)N3CCOC(c4ccccc4)C3)c(Cl)c2)C1. The van der Waals surface area contributed by atoms with Gasteiger partial charge in [0.25, 0.3) is 5.91 Å². The highest BCUT2D eigenvalue weighted by Gasteiger charge is 2.27. The van der Waals surface area contributed by atoms with Crippen molar-refractivity contribution >= 4 is 23.2 Å². The van der Waals surface area contributed by atoms with Crippen LogP contribution in [-0.2, 0) is 4.74 Å². The topological polar surface area (TPSA) is 58.8 Å². The predicted molar refractivity (Wildman–Crippen MR) is 123 cm³/mol. The molecule has 0 aromatic heterocycles. The van der Waals surface area contributed by atoms with E-state index in [1.165, 1.54) is 0 Å². The molecule has 2 aliphatic rings. The second kappa shape index (κ2) is 10.8. The Morgan fingerprint density at radius 2 is 1.87 bits per heavy atom. The fraction of sp³-hybridized carbons (Fsp3) is 0.458. The second-order valence-electron chi connectivity index (χ2n) is 7.53. The normalized spacial score (nSPS) is 21.6. The van der Waals surface area contributed by atoms with E-state index in [1.54, 1.807) is 0 Å². The number of amides is 1. The monoisotopic (exact) mass is 429 g/mol. The van der Waals surface area contributed by atoms with Crippen LogP contribution in [-0.4, -0.2) is 49.6 Å². The maximum Gasteiger partial charge on any atom is 0.255 e. The van der Waals surface area contributed by atoms with Gasteiger partial charge in [0.1, 0.15) is 6.10 Å². The molecule has 0 radical (unpaired) electrons. The van der Waals surface area contributed by atoms with Gasteiger partial charge in [0.2, 0.25) is 0 Å². The van der Waals surface area contributed by atoms with Gasteiger partial charge in [-0.1, -0.05) is 55.8 Å². The van der Waals surface area contributed by atoms with E-state index in [9.17, 15) is 4.79 Å². The van der Waals surface area contributed by atoms with Crippen LogP contribution in [0, 0.1) is 0 Å². The summed E-state index contributed by atoms with van der Waals surface area (Å²) in [6, 6.07) is 15.9. The van der Waals surface area contributed by atoms with Gasteiger partial charge >= 0.3 is 0 Å². The third kappa shape index (κ3) is 5.34. The lowest BCUT2D eigenvalue weighted by atomic mass is 10.0. The van der Waals surface area contributed by atoms with Crippen LogP contribution < -0.4 is 10.6 Å². The van der Waals surface area contributed by atoms with Crippen LogP contribution in [0.1, 0.15) is 48.7 Å². The molecule has 0 bridgehead atoms. The maximum atomic E-state index is 13.1. The standard InChI is InChI=1S/C22H26ClN3O2.C2H6/c23-20-13-18(25-10-4-7-17(24)14-25)8-9-19(20)22(27)26-11-12-28-21(15-26)16-5-2-1-3-6-16;1-2/h1-3,5-6,8-9,13,17,21H,4,7,10-12,14-15,24H2;1-2H3. The number of carbonyl (C=O) groups excluding carboxylic acids is 1. The Morgan fingerprint density at radius 1 is 1.10 bits per heavy atom. The number of anilines is 1. The van der Waals surface area contributed by atoms with Crippen LogP contribution in [0.5, 0.6) is 0 Å². The van der Waals surface area contributed by atoms with Gasteiger partial charge in [-0.05, 0) is 36.6 Å². The Morgan fingerprint density at radius 3 is 2.57 bits per heavy atom. The van der Waals surface area contributed by atoms with Crippen LogP contribution in [0.3, 0.4) is 0 Å².